The number of carbonyl (C=O) groups is 2. The molecule has 5 nitrogen and oxygen atoms in total. The Bertz CT molecular complexity index is 764. The largest absolute Gasteiger partial charge is 0.484 e. The van der Waals surface area contributed by atoms with Crippen molar-refractivity contribution in [3.63, 3.8) is 0 Å². The summed E-state index contributed by atoms with van der Waals surface area (Å²) in [7, 11) is 0. The van der Waals surface area contributed by atoms with Crippen LogP contribution in [0.4, 0.5) is 13.2 Å². The van der Waals surface area contributed by atoms with Crippen LogP contribution in [-0.2, 0) is 11.0 Å². The van der Waals surface area contributed by atoms with Gasteiger partial charge in [-0.1, -0.05) is 22.0 Å². The molecule has 2 rings (SSSR count). The van der Waals surface area contributed by atoms with E-state index >= 15 is 0 Å². The van der Waals surface area contributed by atoms with Crippen LogP contribution in [0, 0.1) is 0 Å². The van der Waals surface area contributed by atoms with Gasteiger partial charge in [0.1, 0.15) is 5.75 Å². The van der Waals surface area contributed by atoms with Crippen molar-refractivity contribution < 1.29 is 27.5 Å². The third kappa shape index (κ3) is 5.79. The Morgan fingerprint density at radius 1 is 1.04 bits per heavy atom. The maximum Gasteiger partial charge on any atom is 0.416 e. The Morgan fingerprint density at radius 2 is 1.72 bits per heavy atom. The maximum absolute atomic E-state index is 12.6. The molecule has 0 spiro atoms. The fourth-order valence-corrected chi connectivity index (χ4v) is 2.01. The molecule has 0 saturated carbocycles. The molecule has 0 saturated heterocycles. The number of carbonyl (C=O) groups excluding carboxylic acids is 2. The molecular weight excluding hydrogens is 405 g/mol. The molecule has 0 aliphatic carbocycles. The zero-order chi connectivity index (χ0) is 18.4. The Kier molecular flexibility index (Phi) is 6.02. The summed E-state index contributed by atoms with van der Waals surface area (Å²) in [5.41, 5.74) is 3.73. The monoisotopic (exact) mass is 416 g/mol. The fraction of sp³-hybridized carbons (Fsp3) is 0.125. The molecule has 25 heavy (non-hydrogen) atoms. The van der Waals surface area contributed by atoms with Crippen LogP contribution in [0.15, 0.2) is 53.0 Å². The molecule has 2 N–H and O–H groups in total. The van der Waals surface area contributed by atoms with E-state index in [1.165, 1.54) is 12.1 Å². The predicted molar refractivity (Wildman–Crippen MR) is 86.7 cm³/mol. The first-order chi connectivity index (χ1) is 11.8. The standard InChI is InChI=1S/C16H12BrF3N2O3/c17-12-6-4-10(5-7-12)15(24)22-21-14(23)9-25-13-3-1-2-11(8-13)16(18,19)20/h1-8H,9H2,(H,21,23)(H,22,24). The normalized spacial score (nSPS) is 10.9. The number of hydrazine groups is 1. The Hall–Kier alpha value is -2.55. The van der Waals surface area contributed by atoms with Crippen molar-refractivity contribution in [1.82, 2.24) is 10.9 Å². The zero-order valence-electron chi connectivity index (χ0n) is 12.6. The summed E-state index contributed by atoms with van der Waals surface area (Å²) < 4.78 is 43.5. The molecule has 0 atom stereocenters. The lowest BCUT2D eigenvalue weighted by atomic mass is 10.2. The number of nitrogens with one attached hydrogen (secondary N) is 2. The molecule has 0 bridgehead atoms. The lowest BCUT2D eigenvalue weighted by Gasteiger charge is -2.11. The molecule has 0 aromatic heterocycles. The van der Waals surface area contributed by atoms with Crippen LogP contribution in [-0.4, -0.2) is 18.4 Å². The first-order valence-electron chi connectivity index (χ1n) is 6.90. The zero-order valence-corrected chi connectivity index (χ0v) is 14.1. The van der Waals surface area contributed by atoms with Gasteiger partial charge in [0.2, 0.25) is 0 Å². The van der Waals surface area contributed by atoms with Crippen LogP contribution >= 0.6 is 15.9 Å². The van der Waals surface area contributed by atoms with Crippen LogP contribution < -0.4 is 15.6 Å². The van der Waals surface area contributed by atoms with E-state index in [2.05, 4.69) is 26.8 Å². The van der Waals surface area contributed by atoms with E-state index in [0.29, 0.717) is 5.56 Å². The molecule has 9 heteroatoms. The van der Waals surface area contributed by atoms with E-state index in [0.717, 1.165) is 16.6 Å². The minimum absolute atomic E-state index is 0.107. The van der Waals surface area contributed by atoms with Crippen LogP contribution in [0.2, 0.25) is 0 Å². The Balaban J connectivity index is 1.83. The molecule has 0 aliphatic heterocycles. The Morgan fingerprint density at radius 3 is 2.36 bits per heavy atom. The average Bonchev–Trinajstić information content (AvgIpc) is 2.58. The lowest BCUT2D eigenvalue weighted by Crippen LogP contribution is -2.43. The number of alkyl halides is 3. The van der Waals surface area contributed by atoms with Crippen molar-refractivity contribution in [2.24, 2.45) is 0 Å². The topological polar surface area (TPSA) is 67.4 Å². The molecule has 0 heterocycles. The lowest BCUT2D eigenvalue weighted by molar-refractivity contribution is -0.137. The van der Waals surface area contributed by atoms with E-state index in [1.54, 1.807) is 24.3 Å². The SMILES string of the molecule is O=C(COc1cccc(C(F)(F)F)c1)NNC(=O)c1ccc(Br)cc1. The highest BCUT2D eigenvalue weighted by atomic mass is 79.9. The summed E-state index contributed by atoms with van der Waals surface area (Å²) >= 11 is 3.23. The summed E-state index contributed by atoms with van der Waals surface area (Å²) in [4.78, 5) is 23.4. The van der Waals surface area contributed by atoms with Gasteiger partial charge in [-0.05, 0) is 42.5 Å². The van der Waals surface area contributed by atoms with Gasteiger partial charge < -0.3 is 4.74 Å². The van der Waals surface area contributed by atoms with Gasteiger partial charge in [-0.25, -0.2) is 0 Å². The first kappa shape index (κ1) is 18.8. The highest BCUT2D eigenvalue weighted by Crippen LogP contribution is 2.31. The van der Waals surface area contributed by atoms with Crippen LogP contribution in [0.3, 0.4) is 0 Å². The minimum Gasteiger partial charge on any atom is -0.484 e. The molecule has 2 aromatic rings. The number of amides is 2. The van der Waals surface area contributed by atoms with Crippen LogP contribution in [0.25, 0.3) is 0 Å². The smallest absolute Gasteiger partial charge is 0.416 e. The van der Waals surface area contributed by atoms with Gasteiger partial charge >= 0.3 is 6.18 Å². The van der Waals surface area contributed by atoms with Gasteiger partial charge in [0.05, 0.1) is 5.56 Å². The highest BCUT2D eigenvalue weighted by molar-refractivity contribution is 9.10. The molecule has 0 radical (unpaired) electrons. The van der Waals surface area contributed by atoms with E-state index < -0.39 is 30.2 Å². The highest BCUT2D eigenvalue weighted by Gasteiger charge is 2.30. The van der Waals surface area contributed by atoms with Crippen LogP contribution in [0.1, 0.15) is 15.9 Å². The van der Waals surface area contributed by atoms with Gasteiger partial charge in [0.25, 0.3) is 11.8 Å². The van der Waals surface area contributed by atoms with Crippen molar-refractivity contribution in [2.75, 3.05) is 6.61 Å². The number of halogens is 4. The third-order valence-corrected chi connectivity index (χ3v) is 3.48. The predicted octanol–water partition coefficient (Wildman–Crippen LogP) is 3.31. The van der Waals surface area contributed by atoms with Gasteiger partial charge in [-0.2, -0.15) is 13.2 Å². The summed E-state index contributed by atoms with van der Waals surface area (Å²) in [5, 5.41) is 0. The number of hydrogen-bond acceptors (Lipinski definition) is 3. The Labute approximate surface area is 149 Å². The van der Waals surface area contributed by atoms with Gasteiger partial charge in [-0.3, -0.25) is 20.4 Å². The van der Waals surface area contributed by atoms with Gasteiger partial charge in [0.15, 0.2) is 6.61 Å². The second kappa shape index (κ2) is 8.02. The quantitative estimate of drug-likeness (QED) is 0.751. The van der Waals surface area contributed by atoms with Crippen molar-refractivity contribution in [1.29, 1.82) is 0 Å². The van der Waals surface area contributed by atoms with E-state index in [4.69, 9.17) is 4.74 Å². The fourth-order valence-electron chi connectivity index (χ4n) is 1.75. The summed E-state index contributed by atoms with van der Waals surface area (Å²) in [6.45, 7) is -0.554. The van der Waals surface area contributed by atoms with Crippen LogP contribution in [0.5, 0.6) is 5.75 Å². The van der Waals surface area contributed by atoms with E-state index in [9.17, 15) is 22.8 Å². The number of ether oxygens (including phenoxy) is 1. The summed E-state index contributed by atoms with van der Waals surface area (Å²) in [6.07, 6.45) is -4.50. The molecule has 132 valence electrons. The minimum atomic E-state index is -4.50. The van der Waals surface area contributed by atoms with Crippen molar-refractivity contribution >= 4 is 27.7 Å². The average molecular weight is 417 g/mol. The number of benzene rings is 2. The molecule has 2 aromatic carbocycles. The van der Waals surface area contributed by atoms with Crippen molar-refractivity contribution in [3.8, 4) is 5.75 Å². The summed E-state index contributed by atoms with van der Waals surface area (Å²) in [5.74, 6) is -1.37. The summed E-state index contributed by atoms with van der Waals surface area (Å²) in [6, 6.07) is 10.6. The third-order valence-electron chi connectivity index (χ3n) is 2.95. The molecule has 0 aliphatic rings. The first-order valence-corrected chi connectivity index (χ1v) is 7.70. The van der Waals surface area contributed by atoms with Crippen molar-refractivity contribution in [2.45, 2.75) is 6.18 Å². The molecule has 0 fully saturated rings. The van der Waals surface area contributed by atoms with E-state index in [-0.39, 0.29) is 5.75 Å². The van der Waals surface area contributed by atoms with Gasteiger partial charge in [-0.15, -0.1) is 0 Å². The molecule has 0 unspecified atom stereocenters. The number of rotatable bonds is 4. The maximum atomic E-state index is 12.6. The van der Waals surface area contributed by atoms with E-state index in [1.807, 2.05) is 0 Å². The van der Waals surface area contributed by atoms with Crippen molar-refractivity contribution in [3.05, 3.63) is 64.1 Å². The molecule has 2 amide bonds. The molecular formula is C16H12BrF3N2O3. The van der Waals surface area contributed by atoms with Gasteiger partial charge in [0, 0.05) is 10.0 Å². The second-order valence-electron chi connectivity index (χ2n) is 4.82. The second-order valence-corrected chi connectivity index (χ2v) is 5.74. The number of hydrogen-bond donors (Lipinski definition) is 2.